The quantitative estimate of drug-likeness (QED) is 0.640. The molecule has 1 aromatic carbocycles. The van der Waals surface area contributed by atoms with Gasteiger partial charge in [0, 0.05) is 13.0 Å². The second-order valence-corrected chi connectivity index (χ2v) is 3.95. The number of nitrogens with one attached hydrogen (secondary N) is 3. The van der Waals surface area contributed by atoms with Gasteiger partial charge < -0.3 is 10.3 Å². The SMILES string of the molecule is CC(=O)Nc1cc(-c2nc3ccccc3[nH]2)[nH]n1. The molecule has 6 heteroatoms. The molecule has 3 rings (SSSR count). The topological polar surface area (TPSA) is 86.5 Å². The van der Waals surface area contributed by atoms with E-state index in [2.05, 4.69) is 25.5 Å². The molecule has 0 fully saturated rings. The van der Waals surface area contributed by atoms with E-state index >= 15 is 0 Å². The average Bonchev–Trinajstić information content (AvgIpc) is 2.93. The minimum Gasteiger partial charge on any atom is -0.337 e. The standard InChI is InChI=1S/C12H11N5O/c1-7(18)13-11-6-10(16-17-11)12-14-8-4-2-3-5-9(8)15-12/h2-6H,1H3,(H,14,15)(H2,13,16,17,18). The number of anilines is 1. The second kappa shape index (κ2) is 3.99. The van der Waals surface area contributed by atoms with Gasteiger partial charge in [-0.25, -0.2) is 4.98 Å². The minimum atomic E-state index is -0.155. The Morgan fingerprint density at radius 2 is 2.17 bits per heavy atom. The van der Waals surface area contributed by atoms with Gasteiger partial charge in [-0.05, 0) is 12.1 Å². The lowest BCUT2D eigenvalue weighted by Crippen LogP contribution is -2.05. The van der Waals surface area contributed by atoms with Crippen molar-refractivity contribution in [1.82, 2.24) is 20.2 Å². The number of carbonyl (C=O) groups excluding carboxylic acids is 1. The Balaban J connectivity index is 1.98. The first kappa shape index (κ1) is 10.5. The number of nitrogens with zero attached hydrogens (tertiary/aromatic N) is 2. The second-order valence-electron chi connectivity index (χ2n) is 3.95. The maximum Gasteiger partial charge on any atom is 0.222 e. The fraction of sp³-hybridized carbons (Fsp3) is 0.0833. The maximum absolute atomic E-state index is 10.9. The zero-order valence-electron chi connectivity index (χ0n) is 9.69. The Kier molecular flexibility index (Phi) is 2.33. The van der Waals surface area contributed by atoms with Gasteiger partial charge in [0.2, 0.25) is 5.91 Å². The number of hydrogen-bond donors (Lipinski definition) is 3. The summed E-state index contributed by atoms with van der Waals surface area (Å²) in [4.78, 5) is 18.5. The first-order valence-corrected chi connectivity index (χ1v) is 5.50. The number of fused-ring (bicyclic) bond motifs is 1. The minimum absolute atomic E-state index is 0.155. The van der Waals surface area contributed by atoms with Gasteiger partial charge in [0.05, 0.1) is 11.0 Å². The monoisotopic (exact) mass is 241 g/mol. The summed E-state index contributed by atoms with van der Waals surface area (Å²) in [5.74, 6) is 1.02. The molecule has 6 nitrogen and oxygen atoms in total. The highest BCUT2D eigenvalue weighted by Gasteiger charge is 2.08. The van der Waals surface area contributed by atoms with Gasteiger partial charge in [-0.2, -0.15) is 5.10 Å². The van der Waals surface area contributed by atoms with Crippen molar-refractivity contribution in [3.8, 4) is 11.5 Å². The van der Waals surface area contributed by atoms with E-state index in [1.807, 2.05) is 24.3 Å². The third-order valence-corrected chi connectivity index (χ3v) is 2.53. The molecule has 0 aliphatic heterocycles. The van der Waals surface area contributed by atoms with Gasteiger partial charge in [0.25, 0.3) is 0 Å². The highest BCUT2D eigenvalue weighted by Crippen LogP contribution is 2.20. The molecule has 0 saturated heterocycles. The predicted molar refractivity (Wildman–Crippen MR) is 68.0 cm³/mol. The number of carbonyl (C=O) groups is 1. The van der Waals surface area contributed by atoms with Gasteiger partial charge in [-0.3, -0.25) is 9.89 Å². The molecule has 0 atom stereocenters. The predicted octanol–water partition coefficient (Wildman–Crippen LogP) is 1.91. The number of aromatic amines is 2. The Hall–Kier alpha value is -2.63. The van der Waals surface area contributed by atoms with E-state index in [4.69, 9.17) is 0 Å². The van der Waals surface area contributed by atoms with E-state index in [1.165, 1.54) is 6.92 Å². The fourth-order valence-corrected chi connectivity index (χ4v) is 1.77. The first-order chi connectivity index (χ1) is 8.72. The number of aromatic nitrogens is 4. The number of H-pyrrole nitrogens is 2. The number of imidazole rings is 1. The van der Waals surface area contributed by atoms with Crippen molar-refractivity contribution in [2.75, 3.05) is 5.32 Å². The summed E-state index contributed by atoms with van der Waals surface area (Å²) >= 11 is 0. The third-order valence-electron chi connectivity index (χ3n) is 2.53. The first-order valence-electron chi connectivity index (χ1n) is 5.50. The summed E-state index contributed by atoms with van der Waals surface area (Å²) in [5.41, 5.74) is 2.58. The summed E-state index contributed by atoms with van der Waals surface area (Å²) < 4.78 is 0. The molecule has 0 unspecified atom stereocenters. The van der Waals surface area contributed by atoms with E-state index in [0.717, 1.165) is 16.7 Å². The molecule has 3 N–H and O–H groups in total. The van der Waals surface area contributed by atoms with Crippen molar-refractivity contribution in [3.05, 3.63) is 30.3 Å². The van der Waals surface area contributed by atoms with E-state index < -0.39 is 0 Å². The highest BCUT2D eigenvalue weighted by molar-refractivity contribution is 5.88. The molecule has 1 amide bonds. The molecule has 18 heavy (non-hydrogen) atoms. The third kappa shape index (κ3) is 1.84. The summed E-state index contributed by atoms with van der Waals surface area (Å²) in [7, 11) is 0. The molecule has 3 aromatic rings. The fourth-order valence-electron chi connectivity index (χ4n) is 1.77. The van der Waals surface area contributed by atoms with Crippen LogP contribution in [0.5, 0.6) is 0 Å². The summed E-state index contributed by atoms with van der Waals surface area (Å²) in [6, 6.07) is 9.50. The lowest BCUT2D eigenvalue weighted by atomic mass is 10.3. The van der Waals surface area contributed by atoms with Crippen LogP contribution in [0.2, 0.25) is 0 Å². The lowest BCUT2D eigenvalue weighted by Gasteiger charge is -1.91. The van der Waals surface area contributed by atoms with E-state index in [-0.39, 0.29) is 5.91 Å². The van der Waals surface area contributed by atoms with Crippen molar-refractivity contribution in [3.63, 3.8) is 0 Å². The van der Waals surface area contributed by atoms with Crippen LogP contribution in [-0.2, 0) is 4.79 Å². The van der Waals surface area contributed by atoms with Crippen molar-refractivity contribution < 1.29 is 4.79 Å². The number of benzene rings is 1. The van der Waals surface area contributed by atoms with Gasteiger partial charge >= 0.3 is 0 Å². The summed E-state index contributed by atoms with van der Waals surface area (Å²) in [6.45, 7) is 1.44. The average molecular weight is 241 g/mol. The number of rotatable bonds is 2. The van der Waals surface area contributed by atoms with Crippen LogP contribution < -0.4 is 5.32 Å². The number of hydrogen-bond acceptors (Lipinski definition) is 3. The molecule has 2 aromatic heterocycles. The molecule has 0 aliphatic rings. The van der Waals surface area contributed by atoms with E-state index in [0.29, 0.717) is 11.6 Å². The van der Waals surface area contributed by atoms with Crippen molar-refractivity contribution in [2.24, 2.45) is 0 Å². The van der Waals surface area contributed by atoms with E-state index in [1.54, 1.807) is 6.07 Å². The molecule has 2 heterocycles. The van der Waals surface area contributed by atoms with Crippen LogP contribution in [0.4, 0.5) is 5.82 Å². The Bertz CT molecular complexity index is 679. The van der Waals surface area contributed by atoms with E-state index in [9.17, 15) is 4.79 Å². The Morgan fingerprint density at radius 1 is 1.33 bits per heavy atom. The largest absolute Gasteiger partial charge is 0.337 e. The number of amides is 1. The van der Waals surface area contributed by atoms with Crippen molar-refractivity contribution >= 4 is 22.8 Å². The van der Waals surface area contributed by atoms with Gasteiger partial charge in [0.1, 0.15) is 5.69 Å². The normalized spacial score (nSPS) is 10.7. The highest BCUT2D eigenvalue weighted by atomic mass is 16.1. The molecule has 90 valence electrons. The van der Waals surface area contributed by atoms with Crippen molar-refractivity contribution in [1.29, 1.82) is 0 Å². The summed E-state index contributed by atoms with van der Waals surface area (Å²) in [5, 5.41) is 9.42. The van der Waals surface area contributed by atoms with Crippen LogP contribution in [0.3, 0.4) is 0 Å². The maximum atomic E-state index is 10.9. The van der Waals surface area contributed by atoms with Crippen LogP contribution in [0.15, 0.2) is 30.3 Å². The molecule has 0 aliphatic carbocycles. The van der Waals surface area contributed by atoms with Crippen LogP contribution in [0.25, 0.3) is 22.6 Å². The summed E-state index contributed by atoms with van der Waals surface area (Å²) in [6.07, 6.45) is 0. The van der Waals surface area contributed by atoms with Crippen LogP contribution >= 0.6 is 0 Å². The number of para-hydroxylation sites is 2. The van der Waals surface area contributed by atoms with Crippen molar-refractivity contribution in [2.45, 2.75) is 6.92 Å². The molecular formula is C12H11N5O. The van der Waals surface area contributed by atoms with Gasteiger partial charge in [0.15, 0.2) is 11.6 Å². The molecule has 0 bridgehead atoms. The van der Waals surface area contributed by atoms with Gasteiger partial charge in [-0.15, -0.1) is 0 Å². The zero-order valence-corrected chi connectivity index (χ0v) is 9.69. The Labute approximate surface area is 102 Å². The van der Waals surface area contributed by atoms with Crippen LogP contribution in [-0.4, -0.2) is 26.1 Å². The Morgan fingerprint density at radius 3 is 2.94 bits per heavy atom. The zero-order chi connectivity index (χ0) is 12.5. The van der Waals surface area contributed by atoms with Crippen LogP contribution in [0.1, 0.15) is 6.92 Å². The smallest absolute Gasteiger partial charge is 0.222 e. The molecule has 0 saturated carbocycles. The molecule has 0 radical (unpaired) electrons. The molecular weight excluding hydrogens is 230 g/mol. The molecule has 0 spiro atoms. The van der Waals surface area contributed by atoms with Gasteiger partial charge in [-0.1, -0.05) is 12.1 Å². The van der Waals surface area contributed by atoms with Crippen LogP contribution in [0, 0.1) is 0 Å². The lowest BCUT2D eigenvalue weighted by molar-refractivity contribution is -0.114.